The standard InChI is InChI=1S/C4H9NO2S.Pb.2H/c5-3(1-2-8)4(6)7;;;/h3,8H,1-2,5H2,(H,6,7);;;. The summed E-state index contributed by atoms with van der Waals surface area (Å²) in [4.78, 5) is 9.93. The first kappa shape index (κ1) is 12.4. The maximum atomic E-state index is 9.93. The molecular formula is C4H11NO2PbS. The Balaban J connectivity index is 0. The molecule has 0 saturated heterocycles. The van der Waals surface area contributed by atoms with Gasteiger partial charge in [0.2, 0.25) is 0 Å². The molecule has 1 unspecified atom stereocenters. The second kappa shape index (κ2) is 6.82. The quantitative estimate of drug-likeness (QED) is 0.445. The summed E-state index contributed by atoms with van der Waals surface area (Å²) in [7, 11) is 0. The third kappa shape index (κ3) is 6.59. The third-order valence-corrected chi connectivity index (χ3v) is 1.02. The molecule has 0 aromatic carbocycles. The second-order valence-electron chi connectivity index (χ2n) is 1.46. The Morgan fingerprint density at radius 1 is 1.78 bits per heavy atom. The van der Waals surface area contributed by atoms with Crippen molar-refractivity contribution in [3.05, 3.63) is 0 Å². The summed E-state index contributed by atoms with van der Waals surface area (Å²) >= 11 is 3.81. The first-order valence-electron chi connectivity index (χ1n) is 2.27. The number of thiol groups is 1. The van der Waals surface area contributed by atoms with Crippen molar-refractivity contribution in [1.29, 1.82) is 0 Å². The summed E-state index contributed by atoms with van der Waals surface area (Å²) in [5, 5.41) is 8.15. The van der Waals surface area contributed by atoms with Gasteiger partial charge in [-0.1, -0.05) is 0 Å². The Bertz CT molecular complexity index is 90.6. The van der Waals surface area contributed by atoms with Crippen LogP contribution in [0.2, 0.25) is 0 Å². The Morgan fingerprint density at radius 3 is 2.33 bits per heavy atom. The molecule has 0 heterocycles. The van der Waals surface area contributed by atoms with Crippen LogP contribution in [0, 0.1) is 0 Å². The molecule has 0 fully saturated rings. The van der Waals surface area contributed by atoms with E-state index in [1.165, 1.54) is 0 Å². The Kier molecular flexibility index (Phi) is 9.38. The molecule has 0 aliphatic carbocycles. The van der Waals surface area contributed by atoms with Crippen molar-refractivity contribution in [2.24, 2.45) is 5.73 Å². The number of hydrogen-bond acceptors (Lipinski definition) is 3. The normalized spacial score (nSPS) is 11.8. The van der Waals surface area contributed by atoms with Gasteiger partial charge in [-0.25, -0.2) is 0 Å². The van der Waals surface area contributed by atoms with Crippen LogP contribution in [0.1, 0.15) is 6.42 Å². The van der Waals surface area contributed by atoms with Crippen LogP contribution in [0.4, 0.5) is 0 Å². The topological polar surface area (TPSA) is 63.3 Å². The van der Waals surface area contributed by atoms with Crippen LogP contribution in [-0.4, -0.2) is 50.2 Å². The molecule has 0 aliphatic heterocycles. The molecule has 54 valence electrons. The molecule has 5 heteroatoms. The van der Waals surface area contributed by atoms with Crippen molar-refractivity contribution >= 4 is 45.9 Å². The van der Waals surface area contributed by atoms with E-state index >= 15 is 0 Å². The van der Waals surface area contributed by atoms with E-state index in [0.29, 0.717) is 12.2 Å². The minimum absolute atomic E-state index is 0. The summed E-state index contributed by atoms with van der Waals surface area (Å²) in [6.45, 7) is 0. The van der Waals surface area contributed by atoms with E-state index in [0.717, 1.165) is 0 Å². The van der Waals surface area contributed by atoms with Gasteiger partial charge in [0, 0.05) is 0 Å². The first-order valence-corrected chi connectivity index (χ1v) is 2.91. The van der Waals surface area contributed by atoms with Gasteiger partial charge in [0.25, 0.3) is 0 Å². The Morgan fingerprint density at radius 2 is 2.22 bits per heavy atom. The zero-order valence-electron chi connectivity index (χ0n) is 5.08. The molecule has 0 aromatic rings. The van der Waals surface area contributed by atoms with Gasteiger partial charge in [0.05, 0.1) is 0 Å². The summed E-state index contributed by atoms with van der Waals surface area (Å²) < 4.78 is 0. The van der Waals surface area contributed by atoms with E-state index in [9.17, 15) is 4.79 Å². The SMILES string of the molecule is NC(CCS)C(=O)O.[PbH2]. The van der Waals surface area contributed by atoms with Crippen LogP contribution >= 0.6 is 12.6 Å². The number of carboxylic acid groups (broad SMARTS) is 1. The van der Waals surface area contributed by atoms with Gasteiger partial charge in [-0.05, 0) is 12.2 Å². The average molecular weight is 344 g/mol. The van der Waals surface area contributed by atoms with Crippen LogP contribution in [0.25, 0.3) is 0 Å². The third-order valence-electron chi connectivity index (χ3n) is 0.757. The molecule has 3 nitrogen and oxygen atoms in total. The number of nitrogens with two attached hydrogens (primary N) is 1. The molecule has 0 rings (SSSR count). The van der Waals surface area contributed by atoms with E-state index in [-0.39, 0.29) is 27.3 Å². The van der Waals surface area contributed by atoms with Gasteiger partial charge >= 0.3 is 33.3 Å². The van der Waals surface area contributed by atoms with Gasteiger partial charge in [-0.15, -0.1) is 0 Å². The monoisotopic (exact) mass is 345 g/mol. The van der Waals surface area contributed by atoms with Crippen LogP contribution < -0.4 is 5.73 Å². The number of rotatable bonds is 3. The van der Waals surface area contributed by atoms with Gasteiger partial charge in [-0.2, -0.15) is 12.6 Å². The van der Waals surface area contributed by atoms with Gasteiger partial charge in [0.1, 0.15) is 6.04 Å². The summed E-state index contributed by atoms with van der Waals surface area (Å²) in [5.41, 5.74) is 5.08. The van der Waals surface area contributed by atoms with Crippen LogP contribution in [-0.2, 0) is 4.79 Å². The van der Waals surface area contributed by atoms with Crippen molar-refractivity contribution in [3.63, 3.8) is 0 Å². The number of hydrogen-bond donors (Lipinski definition) is 3. The van der Waals surface area contributed by atoms with Crippen molar-refractivity contribution in [2.75, 3.05) is 5.75 Å². The summed E-state index contributed by atoms with van der Waals surface area (Å²) in [5.74, 6) is -0.438. The molecule has 0 saturated carbocycles. The molecule has 2 radical (unpaired) electrons. The Hall–Kier alpha value is 0.702. The van der Waals surface area contributed by atoms with Crippen LogP contribution in [0.3, 0.4) is 0 Å². The number of carbonyl (C=O) groups is 1. The fraction of sp³-hybridized carbons (Fsp3) is 0.750. The second-order valence-corrected chi connectivity index (χ2v) is 1.90. The van der Waals surface area contributed by atoms with Crippen LogP contribution in [0.15, 0.2) is 0 Å². The van der Waals surface area contributed by atoms with Crippen molar-refractivity contribution in [3.8, 4) is 0 Å². The van der Waals surface area contributed by atoms with Crippen LogP contribution in [0.5, 0.6) is 0 Å². The van der Waals surface area contributed by atoms with Crippen molar-refractivity contribution < 1.29 is 9.90 Å². The van der Waals surface area contributed by atoms with E-state index in [2.05, 4.69) is 12.6 Å². The average Bonchev–Trinajstić information content (AvgIpc) is 1.67. The molecule has 1 atom stereocenters. The fourth-order valence-corrected chi connectivity index (χ4v) is 0.541. The predicted molar refractivity (Wildman–Crippen MR) is 42.6 cm³/mol. The molecule has 3 N–H and O–H groups in total. The van der Waals surface area contributed by atoms with E-state index < -0.39 is 12.0 Å². The summed E-state index contributed by atoms with van der Waals surface area (Å²) in [6, 6.07) is -0.743. The minimum atomic E-state index is -0.959. The number of aliphatic carboxylic acids is 1. The van der Waals surface area contributed by atoms with E-state index in [4.69, 9.17) is 10.8 Å². The van der Waals surface area contributed by atoms with Gasteiger partial charge in [0.15, 0.2) is 0 Å². The van der Waals surface area contributed by atoms with Crippen molar-refractivity contribution in [1.82, 2.24) is 0 Å². The van der Waals surface area contributed by atoms with Gasteiger partial charge in [-0.3, -0.25) is 4.79 Å². The zero-order chi connectivity index (χ0) is 6.57. The summed E-state index contributed by atoms with van der Waals surface area (Å²) in [6.07, 6.45) is 0.429. The predicted octanol–water partition coefficient (Wildman–Crippen LogP) is -1.20. The molecule has 0 aliphatic rings. The zero-order valence-corrected chi connectivity index (χ0v) is 11.5. The maximum absolute atomic E-state index is 9.93. The molecule has 0 bridgehead atoms. The Labute approximate surface area is 79.6 Å². The molecule has 0 amide bonds. The van der Waals surface area contributed by atoms with E-state index in [1.807, 2.05) is 0 Å². The van der Waals surface area contributed by atoms with Crippen molar-refractivity contribution in [2.45, 2.75) is 12.5 Å². The number of carboxylic acids is 1. The molecular weight excluding hydrogens is 333 g/mol. The van der Waals surface area contributed by atoms with E-state index in [1.54, 1.807) is 0 Å². The fourth-order valence-electron chi connectivity index (χ4n) is 0.263. The first-order chi connectivity index (χ1) is 3.68. The molecule has 0 aromatic heterocycles. The molecule has 9 heavy (non-hydrogen) atoms. The van der Waals surface area contributed by atoms with Gasteiger partial charge < -0.3 is 10.8 Å². The molecule has 0 spiro atoms.